The van der Waals surface area contributed by atoms with Gasteiger partial charge in [-0.05, 0) is 49.9 Å². The molecule has 2 rings (SSSR count). The highest BCUT2D eigenvalue weighted by Gasteiger charge is 2.29. The van der Waals surface area contributed by atoms with Gasteiger partial charge in [0.2, 0.25) is 5.91 Å². The van der Waals surface area contributed by atoms with Crippen molar-refractivity contribution in [3.8, 4) is 0 Å². The van der Waals surface area contributed by atoms with Crippen LogP contribution in [0.4, 0.5) is 17.6 Å². The molecule has 146 valence electrons. The van der Waals surface area contributed by atoms with Crippen LogP contribution in [0, 0.1) is 11.7 Å². The number of halogens is 4. The van der Waals surface area contributed by atoms with Gasteiger partial charge < -0.3 is 9.80 Å². The number of carbonyl (C=O) groups excluding carboxylic acids is 1. The van der Waals surface area contributed by atoms with Crippen LogP contribution in [-0.2, 0) is 11.2 Å². The maximum atomic E-state index is 13.6. The van der Waals surface area contributed by atoms with E-state index in [-0.39, 0.29) is 5.82 Å². The van der Waals surface area contributed by atoms with Crippen molar-refractivity contribution >= 4 is 5.91 Å². The number of carbonyl (C=O) groups is 1. The fourth-order valence-corrected chi connectivity index (χ4v) is 3.30. The number of benzene rings is 1. The van der Waals surface area contributed by atoms with E-state index >= 15 is 0 Å². The number of hydrogen-bond acceptors (Lipinski definition) is 2. The molecule has 1 aliphatic heterocycles. The van der Waals surface area contributed by atoms with Crippen molar-refractivity contribution in [2.24, 2.45) is 5.92 Å². The smallest absolute Gasteiger partial charge is 0.345 e. The average molecular weight is 374 g/mol. The normalized spacial score (nSPS) is 16.7. The summed E-state index contributed by atoms with van der Waals surface area (Å²) in [4.78, 5) is 15.5. The van der Waals surface area contributed by atoms with Crippen molar-refractivity contribution in [2.45, 2.75) is 38.3 Å². The number of hydrogen-bond donors (Lipinski definition) is 0. The van der Waals surface area contributed by atoms with Crippen LogP contribution in [0.2, 0.25) is 0 Å². The van der Waals surface area contributed by atoms with Gasteiger partial charge in [-0.2, -0.15) is 13.2 Å². The zero-order valence-electron chi connectivity index (χ0n) is 15.1. The Hall–Kier alpha value is -1.63. The third-order valence-corrected chi connectivity index (χ3v) is 4.94. The largest absolute Gasteiger partial charge is 0.389 e. The van der Waals surface area contributed by atoms with Gasteiger partial charge in [-0.15, -0.1) is 0 Å². The Morgan fingerprint density at radius 2 is 1.88 bits per heavy atom. The second-order valence-corrected chi connectivity index (χ2v) is 7.02. The number of amides is 1. The number of likely N-dealkylation sites (tertiary alicyclic amines) is 1. The lowest BCUT2D eigenvalue weighted by Gasteiger charge is -2.34. The Bertz CT molecular complexity index is 583. The zero-order chi connectivity index (χ0) is 19.2. The molecule has 1 heterocycles. The van der Waals surface area contributed by atoms with Gasteiger partial charge in [-0.1, -0.05) is 18.2 Å². The van der Waals surface area contributed by atoms with Gasteiger partial charge in [0.05, 0.1) is 6.42 Å². The molecule has 1 amide bonds. The van der Waals surface area contributed by atoms with Crippen molar-refractivity contribution in [1.82, 2.24) is 9.80 Å². The molecule has 0 unspecified atom stereocenters. The molecule has 3 nitrogen and oxygen atoms in total. The van der Waals surface area contributed by atoms with Gasteiger partial charge in [0.25, 0.3) is 0 Å². The van der Waals surface area contributed by atoms with Gasteiger partial charge in [0.15, 0.2) is 0 Å². The summed E-state index contributed by atoms with van der Waals surface area (Å²) in [6.07, 6.45) is -3.39. The van der Waals surface area contributed by atoms with Crippen LogP contribution in [0.15, 0.2) is 24.3 Å². The second-order valence-electron chi connectivity index (χ2n) is 7.02. The quantitative estimate of drug-likeness (QED) is 0.676. The van der Waals surface area contributed by atoms with Crippen LogP contribution in [0.5, 0.6) is 0 Å². The molecule has 1 aliphatic rings. The summed E-state index contributed by atoms with van der Waals surface area (Å²) < 4.78 is 50.2. The van der Waals surface area contributed by atoms with Gasteiger partial charge in [0, 0.05) is 26.6 Å². The summed E-state index contributed by atoms with van der Waals surface area (Å²) in [6.45, 7) is 3.01. The molecule has 7 heteroatoms. The molecule has 1 aromatic rings. The lowest BCUT2D eigenvalue weighted by atomic mass is 9.95. The second kappa shape index (κ2) is 9.35. The molecular weight excluding hydrogens is 348 g/mol. The third-order valence-electron chi connectivity index (χ3n) is 4.94. The van der Waals surface area contributed by atoms with Crippen molar-refractivity contribution in [3.05, 3.63) is 35.6 Å². The molecule has 0 atom stereocenters. The third kappa shape index (κ3) is 6.94. The van der Waals surface area contributed by atoms with Gasteiger partial charge in [0.1, 0.15) is 5.82 Å². The minimum atomic E-state index is -4.29. The van der Waals surface area contributed by atoms with E-state index in [2.05, 4.69) is 4.90 Å². The Labute approximate surface area is 152 Å². The molecule has 0 bridgehead atoms. The lowest BCUT2D eigenvalue weighted by molar-refractivity contribution is -0.148. The maximum absolute atomic E-state index is 13.6. The molecule has 1 aromatic carbocycles. The van der Waals surface area contributed by atoms with E-state index < -0.39 is 24.9 Å². The van der Waals surface area contributed by atoms with Crippen molar-refractivity contribution in [1.29, 1.82) is 0 Å². The molecule has 0 spiro atoms. The molecule has 0 radical (unpaired) electrons. The average Bonchev–Trinajstić information content (AvgIpc) is 2.59. The molecule has 0 aromatic heterocycles. The van der Waals surface area contributed by atoms with E-state index in [9.17, 15) is 22.4 Å². The van der Waals surface area contributed by atoms with E-state index in [1.807, 2.05) is 6.07 Å². The van der Waals surface area contributed by atoms with Crippen LogP contribution in [0.1, 0.15) is 31.2 Å². The Kier molecular flexibility index (Phi) is 7.43. The zero-order valence-corrected chi connectivity index (χ0v) is 15.1. The molecule has 0 N–H and O–H groups in total. The monoisotopic (exact) mass is 374 g/mol. The van der Waals surface area contributed by atoms with Crippen LogP contribution in [0.3, 0.4) is 0 Å². The summed E-state index contributed by atoms with van der Waals surface area (Å²) >= 11 is 0. The van der Waals surface area contributed by atoms with E-state index in [1.165, 1.54) is 11.0 Å². The van der Waals surface area contributed by atoms with Gasteiger partial charge >= 0.3 is 6.18 Å². The highest BCUT2D eigenvalue weighted by molar-refractivity contribution is 5.75. The molecule has 0 saturated carbocycles. The first-order chi connectivity index (χ1) is 12.2. The SMILES string of the molecule is CN(CC1CCN(CCc2ccccc2F)CC1)C(=O)CCC(F)(F)F. The molecule has 1 saturated heterocycles. The molecule has 26 heavy (non-hydrogen) atoms. The summed E-state index contributed by atoms with van der Waals surface area (Å²) in [6, 6.07) is 6.77. The first kappa shape index (κ1) is 20.7. The van der Waals surface area contributed by atoms with Crippen LogP contribution in [-0.4, -0.2) is 55.1 Å². The van der Waals surface area contributed by atoms with Crippen molar-refractivity contribution in [2.75, 3.05) is 33.2 Å². The summed E-state index contributed by atoms with van der Waals surface area (Å²) in [5.74, 6) is -0.328. The predicted octanol–water partition coefficient (Wildman–Crippen LogP) is 3.88. The first-order valence-corrected chi connectivity index (χ1v) is 9.01. The highest BCUT2D eigenvalue weighted by Crippen LogP contribution is 2.23. The topological polar surface area (TPSA) is 23.6 Å². The van der Waals surface area contributed by atoms with Crippen LogP contribution >= 0.6 is 0 Å². The summed E-state index contributed by atoms with van der Waals surface area (Å²) in [5, 5.41) is 0. The number of alkyl halides is 3. The number of rotatable bonds is 7. The fraction of sp³-hybridized carbons (Fsp3) is 0.632. The highest BCUT2D eigenvalue weighted by atomic mass is 19.4. The maximum Gasteiger partial charge on any atom is 0.389 e. The van der Waals surface area contributed by atoms with E-state index in [0.29, 0.717) is 24.4 Å². The molecular formula is C19H26F4N2O. The standard InChI is InChI=1S/C19H26F4N2O/c1-24(18(26)6-10-19(21,22)23)14-15-7-11-25(12-8-15)13-9-16-4-2-3-5-17(16)20/h2-5,15H,6-14H2,1H3. The van der Waals surface area contributed by atoms with Gasteiger partial charge in [-0.3, -0.25) is 4.79 Å². The van der Waals surface area contributed by atoms with E-state index in [0.717, 1.165) is 32.5 Å². The fourth-order valence-electron chi connectivity index (χ4n) is 3.30. The number of piperidine rings is 1. The van der Waals surface area contributed by atoms with E-state index in [4.69, 9.17) is 0 Å². The lowest BCUT2D eigenvalue weighted by Crippen LogP contribution is -2.40. The minimum absolute atomic E-state index is 0.179. The molecule has 0 aliphatic carbocycles. The van der Waals surface area contributed by atoms with E-state index in [1.54, 1.807) is 19.2 Å². The summed E-state index contributed by atoms with van der Waals surface area (Å²) in [5.41, 5.74) is 0.713. The van der Waals surface area contributed by atoms with Crippen molar-refractivity contribution in [3.63, 3.8) is 0 Å². The predicted molar refractivity (Wildman–Crippen MR) is 92.2 cm³/mol. The Morgan fingerprint density at radius 1 is 1.23 bits per heavy atom. The molecule has 1 fully saturated rings. The van der Waals surface area contributed by atoms with Crippen molar-refractivity contribution < 1.29 is 22.4 Å². The Morgan fingerprint density at radius 3 is 2.50 bits per heavy atom. The Balaban J connectivity index is 1.68. The van der Waals surface area contributed by atoms with Crippen LogP contribution in [0.25, 0.3) is 0 Å². The first-order valence-electron chi connectivity index (χ1n) is 9.01. The number of nitrogens with zero attached hydrogens (tertiary/aromatic N) is 2. The van der Waals surface area contributed by atoms with Gasteiger partial charge in [-0.25, -0.2) is 4.39 Å². The van der Waals surface area contributed by atoms with Crippen LogP contribution < -0.4 is 0 Å². The minimum Gasteiger partial charge on any atom is -0.345 e. The summed E-state index contributed by atoms with van der Waals surface area (Å²) in [7, 11) is 1.57.